The zero-order valence-electron chi connectivity index (χ0n) is 13.6. The molecule has 1 aromatic rings. The van der Waals surface area contributed by atoms with E-state index in [9.17, 15) is 9.59 Å². The summed E-state index contributed by atoms with van der Waals surface area (Å²) in [6.45, 7) is 3.80. The van der Waals surface area contributed by atoms with E-state index < -0.39 is 17.9 Å². The third-order valence-corrected chi connectivity index (χ3v) is 2.70. The lowest BCUT2D eigenvalue weighted by Gasteiger charge is -2.17. The number of hydrogen-bond acceptors (Lipinski definition) is 6. The van der Waals surface area contributed by atoms with Gasteiger partial charge in [-0.1, -0.05) is 0 Å². The first-order valence-corrected chi connectivity index (χ1v) is 6.83. The van der Waals surface area contributed by atoms with Gasteiger partial charge in [0, 0.05) is 7.11 Å². The highest BCUT2D eigenvalue weighted by atomic mass is 35.5. The van der Waals surface area contributed by atoms with Gasteiger partial charge in [0.1, 0.15) is 11.8 Å². The molecule has 3 N–H and O–H groups in total. The molecule has 0 spiro atoms. The summed E-state index contributed by atoms with van der Waals surface area (Å²) in [5.41, 5.74) is 6.34. The molecule has 1 rings (SSSR count). The number of methoxy groups -OCH3 is 2. The number of ether oxygens (including phenoxy) is 3. The number of halogens is 1. The maximum Gasteiger partial charge on any atom is 0.337 e. The zero-order chi connectivity index (χ0) is 16.7. The van der Waals surface area contributed by atoms with Gasteiger partial charge in [-0.15, -0.1) is 12.4 Å². The standard InChI is InChI=1S/C15H22N2O5.ClH/c1-9(2)22-13-6-5-10(15(19)21-4)7-12(13)17-14(18)11(16)8-20-3;/h5-7,9,11H,8,16H2,1-4H3,(H,17,18);1H. The van der Waals surface area contributed by atoms with Crippen molar-refractivity contribution in [3.8, 4) is 5.75 Å². The molecule has 0 aliphatic carbocycles. The van der Waals surface area contributed by atoms with Crippen LogP contribution < -0.4 is 15.8 Å². The van der Waals surface area contributed by atoms with Gasteiger partial charge in [0.15, 0.2) is 0 Å². The minimum absolute atomic E-state index is 0. The van der Waals surface area contributed by atoms with Crippen LogP contribution in [-0.4, -0.2) is 44.8 Å². The number of rotatable bonds is 7. The summed E-state index contributed by atoms with van der Waals surface area (Å²) in [6, 6.07) is 3.83. The maximum atomic E-state index is 12.0. The quantitative estimate of drug-likeness (QED) is 0.727. The maximum absolute atomic E-state index is 12.0. The van der Waals surface area contributed by atoms with Crippen LogP contribution >= 0.6 is 12.4 Å². The molecule has 0 aromatic heterocycles. The normalized spacial score (nSPS) is 11.4. The lowest BCUT2D eigenvalue weighted by molar-refractivity contribution is -0.118. The topological polar surface area (TPSA) is 99.9 Å². The summed E-state index contributed by atoms with van der Waals surface area (Å²) >= 11 is 0. The van der Waals surface area contributed by atoms with Crippen LogP contribution in [0.2, 0.25) is 0 Å². The fourth-order valence-corrected chi connectivity index (χ4v) is 1.71. The molecule has 0 bridgehead atoms. The molecule has 0 aliphatic heterocycles. The predicted octanol–water partition coefficient (Wildman–Crippen LogP) is 1.59. The van der Waals surface area contributed by atoms with Crippen LogP contribution in [0.5, 0.6) is 5.75 Å². The molecule has 1 unspecified atom stereocenters. The van der Waals surface area contributed by atoms with E-state index >= 15 is 0 Å². The molecule has 130 valence electrons. The highest BCUT2D eigenvalue weighted by Gasteiger charge is 2.18. The first kappa shape index (κ1) is 21.2. The molecular weight excluding hydrogens is 324 g/mol. The highest BCUT2D eigenvalue weighted by molar-refractivity contribution is 5.98. The number of nitrogens with two attached hydrogens (primary N) is 1. The third kappa shape index (κ3) is 6.43. The van der Waals surface area contributed by atoms with Crippen LogP contribution in [0.3, 0.4) is 0 Å². The Labute approximate surface area is 141 Å². The first-order chi connectivity index (χ1) is 10.4. The number of anilines is 1. The molecule has 8 heteroatoms. The summed E-state index contributed by atoms with van der Waals surface area (Å²) in [6.07, 6.45) is -0.0905. The Hall–Kier alpha value is -1.83. The number of hydrogen-bond donors (Lipinski definition) is 2. The first-order valence-electron chi connectivity index (χ1n) is 6.83. The Bertz CT molecular complexity index is 537. The van der Waals surface area contributed by atoms with Crippen molar-refractivity contribution in [3.63, 3.8) is 0 Å². The summed E-state index contributed by atoms with van der Waals surface area (Å²) in [5, 5.41) is 2.64. The SMILES string of the molecule is COCC(N)C(=O)Nc1cc(C(=O)OC)ccc1OC(C)C.Cl. The van der Waals surface area contributed by atoms with Crippen molar-refractivity contribution < 1.29 is 23.8 Å². The number of carbonyl (C=O) groups excluding carboxylic acids is 2. The average molecular weight is 347 g/mol. The third-order valence-electron chi connectivity index (χ3n) is 2.70. The fourth-order valence-electron chi connectivity index (χ4n) is 1.71. The molecule has 0 saturated carbocycles. The Kier molecular flexibility index (Phi) is 9.24. The molecule has 23 heavy (non-hydrogen) atoms. The molecule has 0 aliphatic rings. The summed E-state index contributed by atoms with van der Waals surface area (Å²) in [7, 11) is 2.74. The van der Waals surface area contributed by atoms with Crippen molar-refractivity contribution in [1.29, 1.82) is 0 Å². The lowest BCUT2D eigenvalue weighted by Crippen LogP contribution is -2.39. The van der Waals surface area contributed by atoms with E-state index in [4.69, 9.17) is 15.2 Å². The number of carbonyl (C=O) groups is 2. The minimum atomic E-state index is -0.821. The van der Waals surface area contributed by atoms with Gasteiger partial charge in [-0.3, -0.25) is 4.79 Å². The largest absolute Gasteiger partial charge is 0.489 e. The molecule has 0 radical (unpaired) electrons. The Morgan fingerprint density at radius 1 is 1.26 bits per heavy atom. The molecule has 1 amide bonds. The van der Waals surface area contributed by atoms with E-state index in [0.717, 1.165) is 0 Å². The van der Waals surface area contributed by atoms with Gasteiger partial charge >= 0.3 is 5.97 Å². The number of amides is 1. The second kappa shape index (κ2) is 10.0. The van der Waals surface area contributed by atoms with Crippen LogP contribution in [0.25, 0.3) is 0 Å². The smallest absolute Gasteiger partial charge is 0.337 e. The molecule has 1 aromatic carbocycles. The van der Waals surface area contributed by atoms with Crippen molar-refractivity contribution in [1.82, 2.24) is 0 Å². The van der Waals surface area contributed by atoms with Crippen molar-refractivity contribution in [2.75, 3.05) is 26.1 Å². The fraction of sp³-hybridized carbons (Fsp3) is 0.467. The van der Waals surface area contributed by atoms with Gasteiger partial charge in [0.25, 0.3) is 0 Å². The Morgan fingerprint density at radius 2 is 1.91 bits per heavy atom. The Balaban J connectivity index is 0.00000484. The summed E-state index contributed by atoms with van der Waals surface area (Å²) < 4.78 is 15.1. The molecule has 0 saturated heterocycles. The second-order valence-corrected chi connectivity index (χ2v) is 4.92. The van der Waals surface area contributed by atoms with Crippen LogP contribution in [0.4, 0.5) is 5.69 Å². The van der Waals surface area contributed by atoms with Crippen molar-refractivity contribution in [2.45, 2.75) is 26.0 Å². The van der Waals surface area contributed by atoms with Crippen LogP contribution in [0.1, 0.15) is 24.2 Å². The van der Waals surface area contributed by atoms with Gasteiger partial charge in [-0.25, -0.2) is 4.79 Å². The molecular formula is C15H23ClN2O5. The summed E-state index contributed by atoms with van der Waals surface area (Å²) in [5.74, 6) is -0.495. The van der Waals surface area contributed by atoms with E-state index in [1.807, 2.05) is 13.8 Å². The van der Waals surface area contributed by atoms with E-state index in [0.29, 0.717) is 17.0 Å². The van der Waals surface area contributed by atoms with Crippen LogP contribution in [-0.2, 0) is 14.3 Å². The monoisotopic (exact) mass is 346 g/mol. The van der Waals surface area contributed by atoms with Crippen molar-refractivity contribution >= 4 is 30.0 Å². The predicted molar refractivity (Wildman–Crippen MR) is 89.3 cm³/mol. The van der Waals surface area contributed by atoms with Gasteiger partial charge in [0.2, 0.25) is 5.91 Å². The van der Waals surface area contributed by atoms with E-state index in [1.54, 1.807) is 12.1 Å². The molecule has 0 fully saturated rings. The van der Waals surface area contributed by atoms with Crippen LogP contribution in [0, 0.1) is 0 Å². The van der Waals surface area contributed by atoms with E-state index in [2.05, 4.69) is 10.1 Å². The van der Waals surface area contributed by atoms with Gasteiger partial charge in [0.05, 0.1) is 31.1 Å². The van der Waals surface area contributed by atoms with Gasteiger partial charge in [-0.05, 0) is 32.0 Å². The number of esters is 1. The van der Waals surface area contributed by atoms with E-state index in [-0.39, 0.29) is 25.1 Å². The highest BCUT2D eigenvalue weighted by Crippen LogP contribution is 2.27. The van der Waals surface area contributed by atoms with Gasteiger partial charge in [-0.2, -0.15) is 0 Å². The zero-order valence-corrected chi connectivity index (χ0v) is 14.4. The second-order valence-electron chi connectivity index (χ2n) is 4.92. The molecule has 7 nitrogen and oxygen atoms in total. The van der Waals surface area contributed by atoms with E-state index in [1.165, 1.54) is 20.3 Å². The Morgan fingerprint density at radius 3 is 2.43 bits per heavy atom. The number of nitrogens with one attached hydrogen (secondary N) is 1. The molecule has 0 heterocycles. The van der Waals surface area contributed by atoms with Crippen molar-refractivity contribution in [3.05, 3.63) is 23.8 Å². The lowest BCUT2D eigenvalue weighted by atomic mass is 10.1. The summed E-state index contributed by atoms with van der Waals surface area (Å²) in [4.78, 5) is 23.6. The van der Waals surface area contributed by atoms with Crippen LogP contribution in [0.15, 0.2) is 18.2 Å². The average Bonchev–Trinajstić information content (AvgIpc) is 2.47. The molecule has 1 atom stereocenters. The van der Waals surface area contributed by atoms with Crippen molar-refractivity contribution in [2.24, 2.45) is 5.73 Å². The minimum Gasteiger partial charge on any atom is -0.489 e. The van der Waals surface area contributed by atoms with Gasteiger partial charge < -0.3 is 25.3 Å². The number of benzene rings is 1.